The maximum atomic E-state index is 12.2. The first kappa shape index (κ1) is 48.6. The van der Waals surface area contributed by atoms with Crippen molar-refractivity contribution in [3.05, 3.63) is 60.8 Å². The Kier molecular flexibility index (Phi) is 40.0. The van der Waals surface area contributed by atoms with Gasteiger partial charge in [0.25, 0.3) is 0 Å². The van der Waals surface area contributed by atoms with Crippen molar-refractivity contribution >= 4 is 11.9 Å². The Morgan fingerprint density at radius 3 is 1.27 bits per heavy atom. The highest BCUT2D eigenvalue weighted by atomic mass is 16.6. The Morgan fingerprint density at radius 2 is 0.843 bits per heavy atom. The lowest BCUT2D eigenvalue weighted by atomic mass is 10.0. The van der Waals surface area contributed by atoms with Gasteiger partial charge in [0.05, 0.1) is 6.61 Å². The number of aliphatic hydroxyl groups excluding tert-OH is 1. The van der Waals surface area contributed by atoms with Crippen LogP contribution in [-0.2, 0) is 19.1 Å². The van der Waals surface area contributed by atoms with Crippen molar-refractivity contribution in [2.45, 2.75) is 206 Å². The minimum absolute atomic E-state index is 0.0792. The van der Waals surface area contributed by atoms with E-state index in [0.717, 1.165) is 77.0 Å². The maximum absolute atomic E-state index is 12.2. The van der Waals surface area contributed by atoms with E-state index < -0.39 is 6.10 Å². The third-order valence-electron chi connectivity index (χ3n) is 9.08. The molecule has 0 saturated heterocycles. The van der Waals surface area contributed by atoms with Crippen LogP contribution in [0.25, 0.3) is 0 Å². The van der Waals surface area contributed by atoms with Crippen LogP contribution in [0.15, 0.2) is 60.8 Å². The Labute approximate surface area is 315 Å². The summed E-state index contributed by atoms with van der Waals surface area (Å²) in [7, 11) is 0. The van der Waals surface area contributed by atoms with Gasteiger partial charge in [0, 0.05) is 12.8 Å². The van der Waals surface area contributed by atoms with E-state index in [1.165, 1.54) is 96.3 Å². The molecule has 0 aromatic rings. The van der Waals surface area contributed by atoms with E-state index in [2.05, 4.69) is 74.6 Å². The number of unbranched alkanes of at least 4 members (excludes halogenated alkanes) is 20. The summed E-state index contributed by atoms with van der Waals surface area (Å²) in [4.78, 5) is 24.3. The van der Waals surface area contributed by atoms with E-state index in [1.54, 1.807) is 0 Å². The highest BCUT2D eigenvalue weighted by Gasteiger charge is 2.16. The van der Waals surface area contributed by atoms with E-state index in [1.807, 2.05) is 0 Å². The van der Waals surface area contributed by atoms with Gasteiger partial charge in [-0.3, -0.25) is 9.59 Å². The molecule has 0 aliphatic rings. The van der Waals surface area contributed by atoms with Gasteiger partial charge in [0.2, 0.25) is 0 Å². The van der Waals surface area contributed by atoms with Crippen molar-refractivity contribution in [1.82, 2.24) is 0 Å². The second-order valence-corrected chi connectivity index (χ2v) is 14.0. The number of aliphatic hydroxyl groups is 1. The normalized spacial score (nSPS) is 12.8. The number of carbonyl (C=O) groups is 2. The molecule has 0 rings (SSSR count). The van der Waals surface area contributed by atoms with E-state index >= 15 is 0 Å². The van der Waals surface area contributed by atoms with Gasteiger partial charge in [0.1, 0.15) is 6.61 Å². The zero-order valence-electron chi connectivity index (χ0n) is 33.4. The van der Waals surface area contributed by atoms with Crippen LogP contribution in [-0.4, -0.2) is 36.4 Å². The smallest absolute Gasteiger partial charge is 0.306 e. The van der Waals surface area contributed by atoms with Gasteiger partial charge in [0.15, 0.2) is 6.10 Å². The second kappa shape index (κ2) is 42.0. The quantitative estimate of drug-likeness (QED) is 0.0392. The molecule has 1 unspecified atom stereocenters. The molecule has 0 aromatic heterocycles. The summed E-state index contributed by atoms with van der Waals surface area (Å²) in [5.41, 5.74) is 0. The van der Waals surface area contributed by atoms with Crippen molar-refractivity contribution in [1.29, 1.82) is 0 Å². The van der Waals surface area contributed by atoms with Crippen LogP contribution < -0.4 is 0 Å². The van der Waals surface area contributed by atoms with E-state index in [9.17, 15) is 14.7 Å². The molecule has 0 amide bonds. The predicted molar refractivity (Wildman–Crippen MR) is 219 cm³/mol. The lowest BCUT2D eigenvalue weighted by Crippen LogP contribution is -2.28. The molecular weight excluding hydrogens is 633 g/mol. The fourth-order valence-corrected chi connectivity index (χ4v) is 5.87. The molecule has 1 N–H and O–H groups in total. The molecule has 0 radical (unpaired) electrons. The Hall–Kier alpha value is -2.40. The number of allylic oxidation sites excluding steroid dienone is 10. The summed E-state index contributed by atoms with van der Waals surface area (Å²) in [5.74, 6) is -0.625. The largest absolute Gasteiger partial charge is 0.462 e. The molecule has 0 aliphatic carbocycles. The van der Waals surface area contributed by atoms with Crippen LogP contribution in [0, 0.1) is 0 Å². The molecule has 5 nitrogen and oxygen atoms in total. The minimum Gasteiger partial charge on any atom is -0.462 e. The average Bonchev–Trinajstić information content (AvgIpc) is 3.13. The summed E-state index contributed by atoms with van der Waals surface area (Å²) < 4.78 is 10.6. The fourth-order valence-electron chi connectivity index (χ4n) is 5.87. The van der Waals surface area contributed by atoms with Crippen LogP contribution in [0.1, 0.15) is 200 Å². The van der Waals surface area contributed by atoms with Gasteiger partial charge in [-0.25, -0.2) is 0 Å². The summed E-state index contributed by atoms with van der Waals surface area (Å²) >= 11 is 0. The molecule has 0 aromatic carbocycles. The van der Waals surface area contributed by atoms with Crippen molar-refractivity contribution in [2.24, 2.45) is 0 Å². The molecule has 5 heteroatoms. The van der Waals surface area contributed by atoms with Gasteiger partial charge < -0.3 is 14.6 Å². The van der Waals surface area contributed by atoms with E-state index in [0.29, 0.717) is 12.8 Å². The summed E-state index contributed by atoms with van der Waals surface area (Å²) in [6.45, 7) is 4.01. The van der Waals surface area contributed by atoms with Gasteiger partial charge in [-0.1, -0.05) is 190 Å². The first-order valence-corrected chi connectivity index (χ1v) is 21.3. The zero-order chi connectivity index (χ0) is 37.1. The van der Waals surface area contributed by atoms with Gasteiger partial charge >= 0.3 is 11.9 Å². The van der Waals surface area contributed by atoms with Gasteiger partial charge in [-0.2, -0.15) is 0 Å². The molecule has 294 valence electrons. The molecule has 0 fully saturated rings. The van der Waals surface area contributed by atoms with Gasteiger partial charge in [-0.05, 0) is 57.8 Å². The molecule has 0 aliphatic heterocycles. The van der Waals surface area contributed by atoms with E-state index in [-0.39, 0.29) is 25.2 Å². The lowest BCUT2D eigenvalue weighted by Gasteiger charge is -2.15. The Balaban J connectivity index is 3.60. The molecule has 0 bridgehead atoms. The maximum Gasteiger partial charge on any atom is 0.306 e. The Morgan fingerprint density at radius 1 is 0.471 bits per heavy atom. The SMILES string of the molecule is CC/C=C\C/C=C\C/C=C\C/C=C\C/C=C\CCCCCC(=O)OC(CO)COC(=O)CCCCCCCCCCCCCCCCCCCC. The zero-order valence-corrected chi connectivity index (χ0v) is 33.4. The predicted octanol–water partition coefficient (Wildman–Crippen LogP) is 13.6. The number of esters is 2. The third kappa shape index (κ3) is 40.2. The van der Waals surface area contributed by atoms with Crippen LogP contribution in [0.4, 0.5) is 0 Å². The van der Waals surface area contributed by atoms with Crippen molar-refractivity contribution in [3.8, 4) is 0 Å². The third-order valence-corrected chi connectivity index (χ3v) is 9.08. The first-order chi connectivity index (χ1) is 25.1. The van der Waals surface area contributed by atoms with Crippen LogP contribution >= 0.6 is 0 Å². The number of hydrogen-bond donors (Lipinski definition) is 1. The van der Waals surface area contributed by atoms with Crippen LogP contribution in [0.2, 0.25) is 0 Å². The average molecular weight is 713 g/mol. The summed E-state index contributed by atoms with van der Waals surface area (Å²) in [6.07, 6.45) is 54.3. The highest BCUT2D eigenvalue weighted by Crippen LogP contribution is 2.15. The number of carbonyl (C=O) groups excluding carboxylic acids is 2. The molecular formula is C46H80O5. The van der Waals surface area contributed by atoms with Crippen LogP contribution in [0.5, 0.6) is 0 Å². The number of rotatable bonds is 38. The molecule has 1 atom stereocenters. The topological polar surface area (TPSA) is 72.8 Å². The molecule has 51 heavy (non-hydrogen) atoms. The summed E-state index contributed by atoms with van der Waals surface area (Å²) in [5, 5.41) is 9.57. The van der Waals surface area contributed by atoms with Gasteiger partial charge in [-0.15, -0.1) is 0 Å². The highest BCUT2D eigenvalue weighted by molar-refractivity contribution is 5.70. The monoisotopic (exact) mass is 713 g/mol. The first-order valence-electron chi connectivity index (χ1n) is 21.3. The van der Waals surface area contributed by atoms with Crippen molar-refractivity contribution < 1.29 is 24.2 Å². The second-order valence-electron chi connectivity index (χ2n) is 14.0. The molecule has 0 saturated carbocycles. The molecule has 0 spiro atoms. The standard InChI is InChI=1S/C46H80O5/c1-3-5-7-9-11-13-15-17-19-21-23-25-27-29-31-33-35-37-39-41-46(49)51-44(42-47)43-50-45(48)40-38-36-34-32-30-28-26-24-22-20-18-16-14-12-10-8-6-4-2/h5,7,11,13,17,19,23,25,29,31,44,47H,3-4,6,8-10,12,14-16,18,20-22,24,26-28,30,32-43H2,1-2H3/b7-5-,13-11-,19-17-,25-23-,31-29-. The van der Waals surface area contributed by atoms with Crippen molar-refractivity contribution in [3.63, 3.8) is 0 Å². The number of hydrogen-bond acceptors (Lipinski definition) is 5. The van der Waals surface area contributed by atoms with Crippen molar-refractivity contribution in [2.75, 3.05) is 13.2 Å². The fraction of sp³-hybridized carbons (Fsp3) is 0.739. The number of ether oxygens (including phenoxy) is 2. The lowest BCUT2D eigenvalue weighted by molar-refractivity contribution is -0.161. The van der Waals surface area contributed by atoms with Crippen LogP contribution in [0.3, 0.4) is 0 Å². The molecule has 0 heterocycles. The van der Waals surface area contributed by atoms with E-state index in [4.69, 9.17) is 9.47 Å². The minimum atomic E-state index is -0.789. The Bertz CT molecular complexity index is 899. The summed E-state index contributed by atoms with van der Waals surface area (Å²) in [6, 6.07) is 0.